The molecule has 0 aliphatic rings. The van der Waals surface area contributed by atoms with E-state index in [2.05, 4.69) is 15.0 Å². The highest BCUT2D eigenvalue weighted by molar-refractivity contribution is 5.90. The molecule has 5 heteroatoms. The molecule has 0 atom stereocenters. The van der Waals surface area contributed by atoms with Gasteiger partial charge in [0.1, 0.15) is 17.8 Å². The Morgan fingerprint density at radius 3 is 2.47 bits per heavy atom. The van der Waals surface area contributed by atoms with Crippen LogP contribution in [0.1, 0.15) is 0 Å². The third-order valence-electron chi connectivity index (χ3n) is 2.68. The molecule has 0 fully saturated rings. The number of hydrogen-bond acceptors (Lipinski definition) is 4. The number of nitrogens with one attached hydrogen (secondary N) is 1. The van der Waals surface area contributed by atoms with Crippen molar-refractivity contribution in [1.29, 1.82) is 0 Å². The van der Waals surface area contributed by atoms with Crippen molar-refractivity contribution in [3.8, 4) is 11.3 Å². The average molecular weight is 225 g/mol. The molecule has 0 bridgehead atoms. The first-order valence-corrected chi connectivity index (χ1v) is 5.19. The minimum Gasteiger partial charge on any atom is -0.399 e. The first-order valence-electron chi connectivity index (χ1n) is 5.19. The zero-order valence-corrected chi connectivity index (χ0v) is 9.01. The molecule has 3 aromatic rings. The highest BCUT2D eigenvalue weighted by Crippen LogP contribution is 2.25. The largest absolute Gasteiger partial charge is 0.399 e. The zero-order chi connectivity index (χ0) is 11.8. The Kier molecular flexibility index (Phi) is 1.98. The summed E-state index contributed by atoms with van der Waals surface area (Å²) in [5.41, 5.74) is 14.9. The minimum absolute atomic E-state index is 0.480. The van der Waals surface area contributed by atoms with E-state index >= 15 is 0 Å². The van der Waals surface area contributed by atoms with Crippen molar-refractivity contribution >= 4 is 22.5 Å². The number of hydrogen-bond donors (Lipinski definition) is 3. The van der Waals surface area contributed by atoms with Gasteiger partial charge in [0.25, 0.3) is 0 Å². The zero-order valence-electron chi connectivity index (χ0n) is 9.01. The number of aromatic nitrogens is 3. The van der Waals surface area contributed by atoms with Crippen LogP contribution in [-0.2, 0) is 0 Å². The van der Waals surface area contributed by atoms with Crippen LogP contribution in [0.3, 0.4) is 0 Å². The van der Waals surface area contributed by atoms with Crippen LogP contribution in [-0.4, -0.2) is 15.0 Å². The van der Waals surface area contributed by atoms with E-state index in [0.717, 1.165) is 28.0 Å². The number of benzene rings is 1. The SMILES string of the molecule is Nc1ccc(-c2cc3c(N)ncnc3[nH]2)cc1. The Balaban J connectivity index is 2.18. The molecule has 0 spiro atoms. The second-order valence-corrected chi connectivity index (χ2v) is 3.83. The Hall–Kier alpha value is -2.56. The van der Waals surface area contributed by atoms with E-state index in [9.17, 15) is 0 Å². The number of fused-ring (bicyclic) bond motifs is 1. The summed E-state index contributed by atoms with van der Waals surface area (Å²) >= 11 is 0. The summed E-state index contributed by atoms with van der Waals surface area (Å²) in [7, 11) is 0. The molecule has 84 valence electrons. The van der Waals surface area contributed by atoms with Gasteiger partial charge in [0.15, 0.2) is 0 Å². The van der Waals surface area contributed by atoms with Crippen LogP contribution in [0.25, 0.3) is 22.3 Å². The monoisotopic (exact) mass is 225 g/mol. The molecule has 0 saturated carbocycles. The molecule has 5 N–H and O–H groups in total. The van der Waals surface area contributed by atoms with Gasteiger partial charge in [0, 0.05) is 11.4 Å². The second-order valence-electron chi connectivity index (χ2n) is 3.83. The summed E-state index contributed by atoms with van der Waals surface area (Å²) in [6.07, 6.45) is 1.45. The molecule has 17 heavy (non-hydrogen) atoms. The fourth-order valence-electron chi connectivity index (χ4n) is 1.78. The molecule has 5 nitrogen and oxygen atoms in total. The Morgan fingerprint density at radius 1 is 1.00 bits per heavy atom. The van der Waals surface area contributed by atoms with Crippen LogP contribution in [0.4, 0.5) is 11.5 Å². The van der Waals surface area contributed by atoms with Gasteiger partial charge in [-0.05, 0) is 23.8 Å². The van der Waals surface area contributed by atoms with Crippen LogP contribution in [0.15, 0.2) is 36.7 Å². The van der Waals surface area contributed by atoms with E-state index in [1.54, 1.807) is 0 Å². The molecule has 0 saturated heterocycles. The van der Waals surface area contributed by atoms with E-state index in [4.69, 9.17) is 11.5 Å². The van der Waals surface area contributed by atoms with Crippen LogP contribution in [0, 0.1) is 0 Å². The Morgan fingerprint density at radius 2 is 1.76 bits per heavy atom. The number of anilines is 2. The van der Waals surface area contributed by atoms with Gasteiger partial charge in [-0.25, -0.2) is 9.97 Å². The van der Waals surface area contributed by atoms with Crippen molar-refractivity contribution in [3.05, 3.63) is 36.7 Å². The Labute approximate surface area is 97.5 Å². The van der Waals surface area contributed by atoms with Crippen LogP contribution in [0.5, 0.6) is 0 Å². The van der Waals surface area contributed by atoms with Crippen molar-refractivity contribution in [1.82, 2.24) is 15.0 Å². The average Bonchev–Trinajstić information content (AvgIpc) is 2.75. The molecule has 1 aromatic carbocycles. The summed E-state index contributed by atoms with van der Waals surface area (Å²) in [6, 6.07) is 9.55. The molecule has 2 heterocycles. The predicted octanol–water partition coefficient (Wildman–Crippen LogP) is 1.79. The number of rotatable bonds is 1. The molecular weight excluding hydrogens is 214 g/mol. The van der Waals surface area contributed by atoms with E-state index in [-0.39, 0.29) is 0 Å². The summed E-state index contributed by atoms with van der Waals surface area (Å²) in [5.74, 6) is 0.480. The van der Waals surface area contributed by atoms with Crippen molar-refractivity contribution in [2.45, 2.75) is 0 Å². The summed E-state index contributed by atoms with van der Waals surface area (Å²) < 4.78 is 0. The van der Waals surface area contributed by atoms with Gasteiger partial charge in [0.05, 0.1) is 5.39 Å². The van der Waals surface area contributed by atoms with Crippen molar-refractivity contribution < 1.29 is 0 Å². The molecule has 0 aliphatic heterocycles. The van der Waals surface area contributed by atoms with Gasteiger partial charge in [-0.3, -0.25) is 0 Å². The van der Waals surface area contributed by atoms with E-state index in [1.165, 1.54) is 6.33 Å². The third-order valence-corrected chi connectivity index (χ3v) is 2.68. The fourth-order valence-corrected chi connectivity index (χ4v) is 1.78. The number of nitrogens with zero attached hydrogens (tertiary/aromatic N) is 2. The smallest absolute Gasteiger partial charge is 0.143 e. The number of aromatic amines is 1. The molecule has 0 unspecified atom stereocenters. The fraction of sp³-hybridized carbons (Fsp3) is 0. The Bertz CT molecular complexity index is 669. The van der Waals surface area contributed by atoms with E-state index < -0.39 is 0 Å². The lowest BCUT2D eigenvalue weighted by Gasteiger charge is -1.97. The highest BCUT2D eigenvalue weighted by atomic mass is 15.0. The lowest BCUT2D eigenvalue weighted by atomic mass is 10.1. The molecule has 2 aromatic heterocycles. The summed E-state index contributed by atoms with van der Waals surface area (Å²) in [6.45, 7) is 0. The van der Waals surface area contributed by atoms with Gasteiger partial charge in [0.2, 0.25) is 0 Å². The van der Waals surface area contributed by atoms with Crippen LogP contribution < -0.4 is 11.5 Å². The normalized spacial score (nSPS) is 10.8. The first-order chi connectivity index (χ1) is 8.24. The topological polar surface area (TPSA) is 93.6 Å². The van der Waals surface area contributed by atoms with Gasteiger partial charge in [-0.1, -0.05) is 12.1 Å². The first kappa shape index (κ1) is 9.65. The quantitative estimate of drug-likeness (QED) is 0.550. The maximum absolute atomic E-state index is 5.78. The number of nitrogens with two attached hydrogens (primary N) is 2. The van der Waals surface area contributed by atoms with E-state index in [1.807, 2.05) is 30.3 Å². The van der Waals surface area contributed by atoms with Crippen molar-refractivity contribution in [2.24, 2.45) is 0 Å². The maximum Gasteiger partial charge on any atom is 0.143 e. The molecule has 3 rings (SSSR count). The minimum atomic E-state index is 0.480. The molecule has 0 aliphatic carbocycles. The highest BCUT2D eigenvalue weighted by Gasteiger charge is 2.06. The summed E-state index contributed by atoms with van der Waals surface area (Å²) in [5, 5.41) is 0.833. The van der Waals surface area contributed by atoms with Crippen molar-refractivity contribution in [2.75, 3.05) is 11.5 Å². The standard InChI is InChI=1S/C12H11N5/c13-8-3-1-7(2-4-8)10-5-9-11(14)15-6-16-12(9)17-10/h1-6H,13H2,(H3,14,15,16,17). The van der Waals surface area contributed by atoms with Gasteiger partial charge in [-0.15, -0.1) is 0 Å². The second kappa shape index (κ2) is 3.48. The van der Waals surface area contributed by atoms with Gasteiger partial charge in [-0.2, -0.15) is 0 Å². The predicted molar refractivity (Wildman–Crippen MR) is 68.1 cm³/mol. The van der Waals surface area contributed by atoms with Crippen LogP contribution in [0.2, 0.25) is 0 Å². The number of nitrogen functional groups attached to an aromatic ring is 2. The lowest BCUT2D eigenvalue weighted by molar-refractivity contribution is 1.21. The number of H-pyrrole nitrogens is 1. The van der Waals surface area contributed by atoms with E-state index in [0.29, 0.717) is 5.82 Å². The maximum atomic E-state index is 5.78. The van der Waals surface area contributed by atoms with Gasteiger partial charge < -0.3 is 16.5 Å². The lowest BCUT2D eigenvalue weighted by Crippen LogP contribution is -1.90. The third kappa shape index (κ3) is 1.57. The summed E-state index contributed by atoms with van der Waals surface area (Å²) in [4.78, 5) is 11.3. The molecule has 0 amide bonds. The van der Waals surface area contributed by atoms with Gasteiger partial charge >= 0.3 is 0 Å². The van der Waals surface area contributed by atoms with Crippen molar-refractivity contribution in [3.63, 3.8) is 0 Å². The van der Waals surface area contributed by atoms with Crippen LogP contribution >= 0.6 is 0 Å². The molecule has 0 radical (unpaired) electrons. The molecular formula is C12H11N5.